The Morgan fingerprint density at radius 2 is 1.90 bits per heavy atom. The van der Waals surface area contributed by atoms with Gasteiger partial charge in [-0.15, -0.1) is 0 Å². The summed E-state index contributed by atoms with van der Waals surface area (Å²) in [6.07, 6.45) is 8.98. The normalized spacial score (nSPS) is 30.8. The highest BCUT2D eigenvalue weighted by Gasteiger charge is 2.49. The van der Waals surface area contributed by atoms with Gasteiger partial charge in [0.15, 0.2) is 0 Å². The maximum atomic E-state index is 13.3. The number of benzene rings is 1. The van der Waals surface area contributed by atoms with Crippen LogP contribution in [0.1, 0.15) is 31.2 Å². The predicted octanol–water partition coefficient (Wildman–Crippen LogP) is 2.53. The van der Waals surface area contributed by atoms with Gasteiger partial charge in [0.25, 0.3) is 0 Å². The van der Waals surface area contributed by atoms with Crippen LogP contribution < -0.4 is 0 Å². The molecule has 0 N–H and O–H groups in total. The van der Waals surface area contributed by atoms with E-state index in [-0.39, 0.29) is 0 Å². The number of aromatic nitrogens is 2. The fourth-order valence-corrected chi connectivity index (χ4v) is 7.42. The van der Waals surface area contributed by atoms with Gasteiger partial charge in [0.1, 0.15) is 4.90 Å². The second-order valence-electron chi connectivity index (χ2n) is 8.99. The number of aryl methyl sites for hydroxylation is 1. The van der Waals surface area contributed by atoms with Crippen LogP contribution >= 0.6 is 0 Å². The van der Waals surface area contributed by atoms with Crippen molar-refractivity contribution in [1.82, 2.24) is 19.0 Å². The number of piperidine rings is 3. The standard InChI is InChI=1S/C22H30N4O2S/c1-24-16-20(13-23-24)29(27,28)25-14-18-12-19(15-25)22(11-17-7-3-2-4-8-17)26-10-6-5-9-21(18)26/h2-4,7-8,13,16,18-19,21-22H,5-6,9-12,14-15H2,1H3/t18-,19+,21+,22+/m1/s1. The molecule has 6 nitrogen and oxygen atoms in total. The van der Waals surface area contributed by atoms with Gasteiger partial charge in [-0.2, -0.15) is 9.40 Å². The highest BCUT2D eigenvalue weighted by Crippen LogP contribution is 2.43. The monoisotopic (exact) mass is 414 g/mol. The van der Waals surface area contributed by atoms with Crippen molar-refractivity contribution in [2.45, 2.75) is 49.1 Å². The summed E-state index contributed by atoms with van der Waals surface area (Å²) in [6, 6.07) is 11.6. The Labute approximate surface area is 173 Å². The van der Waals surface area contributed by atoms with Gasteiger partial charge in [0, 0.05) is 38.4 Å². The lowest BCUT2D eigenvalue weighted by Gasteiger charge is -2.56. The Bertz CT molecular complexity index is 958. The minimum atomic E-state index is -3.49. The molecule has 3 fully saturated rings. The van der Waals surface area contributed by atoms with Crippen molar-refractivity contribution < 1.29 is 8.42 Å². The van der Waals surface area contributed by atoms with E-state index in [0.29, 0.717) is 41.9 Å². The van der Waals surface area contributed by atoms with Crippen LogP contribution in [0.5, 0.6) is 0 Å². The summed E-state index contributed by atoms with van der Waals surface area (Å²) in [5.74, 6) is 0.822. The number of nitrogens with zero attached hydrogens (tertiary/aromatic N) is 4. The van der Waals surface area contributed by atoms with Crippen LogP contribution in [0.3, 0.4) is 0 Å². The fraction of sp³-hybridized carbons (Fsp3) is 0.591. The van der Waals surface area contributed by atoms with Crippen molar-refractivity contribution in [3.05, 3.63) is 48.3 Å². The van der Waals surface area contributed by atoms with Crippen LogP contribution in [0, 0.1) is 11.8 Å². The Balaban J connectivity index is 1.45. The zero-order valence-corrected chi connectivity index (χ0v) is 17.8. The maximum Gasteiger partial charge on any atom is 0.246 e. The van der Waals surface area contributed by atoms with E-state index >= 15 is 0 Å². The van der Waals surface area contributed by atoms with Gasteiger partial charge < -0.3 is 0 Å². The molecule has 0 aliphatic carbocycles. The van der Waals surface area contributed by atoms with Crippen LogP contribution in [0.25, 0.3) is 0 Å². The zero-order valence-electron chi connectivity index (χ0n) is 17.0. The predicted molar refractivity (Wildman–Crippen MR) is 112 cm³/mol. The van der Waals surface area contributed by atoms with Crippen molar-refractivity contribution in [3.8, 4) is 0 Å². The first-order valence-corrected chi connectivity index (χ1v) is 12.2. The van der Waals surface area contributed by atoms with Gasteiger partial charge in [-0.05, 0) is 49.6 Å². The van der Waals surface area contributed by atoms with Gasteiger partial charge >= 0.3 is 0 Å². The van der Waals surface area contributed by atoms with Crippen molar-refractivity contribution >= 4 is 10.0 Å². The second-order valence-corrected chi connectivity index (χ2v) is 10.9. The molecule has 7 heteroatoms. The number of hydrogen-bond acceptors (Lipinski definition) is 4. The largest absolute Gasteiger partial charge is 0.296 e. The lowest BCUT2D eigenvalue weighted by molar-refractivity contribution is -0.0550. The summed E-state index contributed by atoms with van der Waals surface area (Å²) in [7, 11) is -1.72. The molecule has 4 atom stereocenters. The minimum absolute atomic E-state index is 0.320. The molecule has 1 aromatic carbocycles. The fourth-order valence-electron chi connectivity index (χ4n) is 5.88. The number of hydrogen-bond donors (Lipinski definition) is 0. The molecular formula is C22H30N4O2S. The third-order valence-corrected chi connectivity index (χ3v) is 8.98. The molecule has 0 spiro atoms. The van der Waals surface area contributed by atoms with Crippen molar-refractivity contribution in [3.63, 3.8) is 0 Å². The molecule has 0 amide bonds. The van der Waals surface area contributed by atoms with Crippen LogP contribution in [-0.2, 0) is 23.5 Å². The Morgan fingerprint density at radius 3 is 2.66 bits per heavy atom. The molecule has 2 aromatic rings. The summed E-state index contributed by atoms with van der Waals surface area (Å²) in [5, 5.41) is 4.09. The summed E-state index contributed by atoms with van der Waals surface area (Å²) in [5.41, 5.74) is 1.35. The molecule has 0 unspecified atom stereocenters. The van der Waals surface area contributed by atoms with Gasteiger partial charge in [0.05, 0.1) is 6.20 Å². The highest BCUT2D eigenvalue weighted by atomic mass is 32.2. The first kappa shape index (κ1) is 19.3. The van der Waals surface area contributed by atoms with Crippen molar-refractivity contribution in [2.75, 3.05) is 19.6 Å². The quantitative estimate of drug-likeness (QED) is 0.771. The van der Waals surface area contributed by atoms with E-state index in [0.717, 1.165) is 19.4 Å². The number of sulfonamides is 1. The molecule has 1 aromatic heterocycles. The lowest BCUT2D eigenvalue weighted by Crippen LogP contribution is -2.64. The summed E-state index contributed by atoms with van der Waals surface area (Å²) in [6.45, 7) is 2.42. The third kappa shape index (κ3) is 3.53. The number of rotatable bonds is 4. The van der Waals surface area contributed by atoms with Gasteiger partial charge in [-0.3, -0.25) is 9.58 Å². The van der Waals surface area contributed by atoms with Crippen LogP contribution in [0.15, 0.2) is 47.6 Å². The zero-order chi connectivity index (χ0) is 20.0. The minimum Gasteiger partial charge on any atom is -0.296 e. The lowest BCUT2D eigenvalue weighted by atomic mass is 9.71. The van der Waals surface area contributed by atoms with Gasteiger partial charge in [-0.25, -0.2) is 8.42 Å². The van der Waals surface area contributed by atoms with Gasteiger partial charge in [0.2, 0.25) is 10.0 Å². The third-order valence-electron chi connectivity index (χ3n) is 7.19. The van der Waals surface area contributed by atoms with Crippen LogP contribution in [-0.4, -0.2) is 59.1 Å². The van der Waals surface area contributed by atoms with Crippen LogP contribution in [0.2, 0.25) is 0 Å². The SMILES string of the molecule is Cn1cc(S(=O)(=O)N2C[C@H]3C[C@@H](C2)[C@H](Cc2ccccc2)N2CCCC[C@@H]32)cn1. The van der Waals surface area contributed by atoms with E-state index in [1.807, 2.05) is 0 Å². The number of fused-ring (bicyclic) bond motifs is 4. The smallest absolute Gasteiger partial charge is 0.246 e. The van der Waals surface area contributed by atoms with Gasteiger partial charge in [-0.1, -0.05) is 36.8 Å². The first-order chi connectivity index (χ1) is 14.0. The molecule has 156 valence electrons. The van der Waals surface area contributed by atoms with Crippen molar-refractivity contribution in [1.29, 1.82) is 0 Å². The van der Waals surface area contributed by atoms with E-state index < -0.39 is 10.0 Å². The second kappa shape index (κ2) is 7.52. The Kier molecular flexibility index (Phi) is 5.00. The first-order valence-electron chi connectivity index (χ1n) is 10.8. The average Bonchev–Trinajstić information content (AvgIpc) is 3.19. The topological polar surface area (TPSA) is 58.4 Å². The molecule has 2 bridgehead atoms. The molecular weight excluding hydrogens is 384 g/mol. The average molecular weight is 415 g/mol. The van der Waals surface area contributed by atoms with Crippen molar-refractivity contribution in [2.24, 2.45) is 18.9 Å². The van der Waals surface area contributed by atoms with E-state index in [1.165, 1.54) is 31.0 Å². The molecule has 3 aliphatic heterocycles. The maximum absolute atomic E-state index is 13.3. The highest BCUT2D eigenvalue weighted by molar-refractivity contribution is 7.89. The molecule has 29 heavy (non-hydrogen) atoms. The van der Waals surface area contributed by atoms with E-state index in [2.05, 4.69) is 40.3 Å². The summed E-state index contributed by atoms with van der Waals surface area (Å²) in [4.78, 5) is 3.06. The molecule has 3 saturated heterocycles. The molecule has 5 rings (SSSR count). The van der Waals surface area contributed by atoms with E-state index in [9.17, 15) is 8.42 Å². The molecule has 4 heterocycles. The summed E-state index contributed by atoms with van der Waals surface area (Å²) < 4.78 is 30.0. The van der Waals surface area contributed by atoms with Crippen LogP contribution in [0.4, 0.5) is 0 Å². The molecule has 0 radical (unpaired) electrons. The Hall–Kier alpha value is -1.70. The van der Waals surface area contributed by atoms with E-state index in [1.54, 1.807) is 22.2 Å². The molecule has 3 aliphatic rings. The Morgan fingerprint density at radius 1 is 1.10 bits per heavy atom. The summed E-state index contributed by atoms with van der Waals surface area (Å²) >= 11 is 0. The van der Waals surface area contributed by atoms with E-state index in [4.69, 9.17) is 0 Å². The molecule has 0 saturated carbocycles.